The molecule has 0 unspecified atom stereocenters. The van der Waals surface area contributed by atoms with Gasteiger partial charge in [0, 0.05) is 6.42 Å². The van der Waals surface area contributed by atoms with Crippen LogP contribution in [0.5, 0.6) is 0 Å². The van der Waals surface area contributed by atoms with Crippen LogP contribution in [-0.2, 0) is 16.1 Å². The van der Waals surface area contributed by atoms with E-state index in [9.17, 15) is 0 Å². The molecule has 0 heterocycles. The second kappa shape index (κ2) is 16.7. The Hall–Kier alpha value is 1.33. The summed E-state index contributed by atoms with van der Waals surface area (Å²) in [6.07, 6.45) is 14.3. The van der Waals surface area contributed by atoms with Crippen molar-refractivity contribution in [3.8, 4) is 0 Å². The van der Waals surface area contributed by atoms with Crippen LogP contribution in [0.25, 0.3) is 0 Å². The van der Waals surface area contributed by atoms with E-state index in [0.717, 1.165) is 0 Å². The van der Waals surface area contributed by atoms with Gasteiger partial charge < -0.3 is 0 Å². The topological polar surface area (TPSA) is 0 Å². The first-order chi connectivity index (χ1) is 6.85. The van der Waals surface area contributed by atoms with E-state index in [4.69, 9.17) is 0 Å². The molecule has 0 fully saturated rings. The molecular formula is C11H20IPPt. The number of hydrogen-bond donors (Lipinski definition) is 0. The monoisotopic (exact) mass is 505 g/mol. The Balaban J connectivity index is 0. The number of rotatable bonds is 3. The van der Waals surface area contributed by atoms with E-state index in [0.29, 0.717) is 7.92 Å². The van der Waals surface area contributed by atoms with Gasteiger partial charge in [-0.1, -0.05) is 45.1 Å². The van der Waals surface area contributed by atoms with Gasteiger partial charge in [-0.05, 0) is 18.5 Å². The minimum atomic E-state index is 0.446. The Morgan fingerprint density at radius 2 is 1.21 bits per heavy atom. The summed E-state index contributed by atoms with van der Waals surface area (Å²) in [7, 11) is 0.446. The first-order valence-corrected chi connectivity index (χ1v) is 13.2. The van der Waals surface area contributed by atoms with E-state index >= 15 is 0 Å². The molecule has 1 aliphatic carbocycles. The third kappa shape index (κ3) is 13.3. The third-order valence-electron chi connectivity index (χ3n) is 1.90. The molecule has 0 aromatic carbocycles. The van der Waals surface area contributed by atoms with Gasteiger partial charge in [-0.2, -0.15) is 0 Å². The molecule has 0 N–H and O–H groups in total. The molecule has 0 amide bonds. The van der Waals surface area contributed by atoms with Crippen molar-refractivity contribution in [2.24, 2.45) is 0 Å². The summed E-state index contributed by atoms with van der Waals surface area (Å²) in [6, 6.07) is 0. The van der Waals surface area contributed by atoms with Crippen LogP contribution in [0.2, 0.25) is 0 Å². The zero-order chi connectivity index (χ0) is 11.2. The molecule has 0 saturated carbocycles. The predicted molar refractivity (Wildman–Crippen MR) is 75.1 cm³/mol. The molecule has 0 nitrogen and oxygen atoms in total. The van der Waals surface area contributed by atoms with Gasteiger partial charge in [-0.15, -0.1) is 7.92 Å². The third-order valence-corrected chi connectivity index (χ3v) is 4.58. The molecule has 3 heteroatoms. The van der Waals surface area contributed by atoms with Crippen LogP contribution >= 0.6 is 27.3 Å². The average molecular weight is 505 g/mol. The Bertz CT molecular complexity index is 127. The van der Waals surface area contributed by atoms with Gasteiger partial charge in [-0.25, -0.2) is 0 Å². The molecule has 14 heavy (non-hydrogen) atoms. The summed E-state index contributed by atoms with van der Waals surface area (Å²) in [6.45, 7) is 6.87. The van der Waals surface area contributed by atoms with E-state index in [2.05, 4.69) is 56.3 Å². The van der Waals surface area contributed by atoms with E-state index in [1.807, 2.05) is 30.7 Å². The van der Waals surface area contributed by atoms with Crippen molar-refractivity contribution in [2.45, 2.75) is 20.8 Å². The van der Waals surface area contributed by atoms with Crippen LogP contribution in [0.1, 0.15) is 20.8 Å². The number of halogens is 1. The molecule has 0 spiro atoms. The molecule has 0 aromatic heterocycles. The Kier molecular flexibility index (Phi) is 21.2. The van der Waals surface area contributed by atoms with Crippen molar-refractivity contribution in [1.82, 2.24) is 0 Å². The van der Waals surface area contributed by atoms with Crippen molar-refractivity contribution >= 4 is 27.3 Å². The van der Waals surface area contributed by atoms with Gasteiger partial charge in [0.05, 0.1) is 0 Å². The molecule has 1 radical (unpaired) electrons. The van der Waals surface area contributed by atoms with Gasteiger partial charge >= 0.3 is 35.5 Å². The second-order valence-corrected chi connectivity index (χ2v) is 5.82. The maximum absolute atomic E-state index is 2.29. The molecule has 0 aromatic rings. The molecule has 1 rings (SSSR count). The average Bonchev–Trinajstić information content (AvgIpc) is 2.82. The normalized spacial score (nSPS) is 11.9. The van der Waals surface area contributed by atoms with E-state index in [1.165, 1.54) is 18.5 Å². The molecule has 0 saturated heterocycles. The van der Waals surface area contributed by atoms with Gasteiger partial charge in [0.25, 0.3) is 0 Å². The summed E-state index contributed by atoms with van der Waals surface area (Å²) >= 11 is 4.23. The van der Waals surface area contributed by atoms with Crippen LogP contribution < -0.4 is 0 Å². The van der Waals surface area contributed by atoms with Crippen molar-refractivity contribution in [3.05, 3.63) is 30.7 Å². The molecule has 0 atom stereocenters. The SMILES string of the molecule is CCP(CC)CC.[CH]1C=CC=C1.[I][Pt]. The summed E-state index contributed by atoms with van der Waals surface area (Å²) in [4.78, 5) is 0. The van der Waals surface area contributed by atoms with Crippen molar-refractivity contribution in [1.29, 1.82) is 0 Å². The fourth-order valence-electron chi connectivity index (χ4n) is 0.992. The Morgan fingerprint density at radius 1 is 0.857 bits per heavy atom. The summed E-state index contributed by atoms with van der Waals surface area (Å²) in [5.74, 6) is 0. The van der Waals surface area contributed by atoms with E-state index in [1.54, 1.807) is 0 Å². The maximum atomic E-state index is 2.29. The summed E-state index contributed by atoms with van der Waals surface area (Å²) in [5, 5.41) is 0. The van der Waals surface area contributed by atoms with Gasteiger partial charge in [0.2, 0.25) is 0 Å². The first kappa shape index (κ1) is 17.7. The zero-order valence-electron chi connectivity index (χ0n) is 9.15. The van der Waals surface area contributed by atoms with Gasteiger partial charge in [0.1, 0.15) is 0 Å². The Morgan fingerprint density at radius 3 is 1.29 bits per heavy atom. The standard InChI is InChI=1S/C6H15P.C5H5.HI.Pt/c1-4-7(5-2)6-3;1-2-4-5-3-1;;/h4-6H2,1-3H3;1-5H;1H;/q;;;+1/p-1. The number of hydrogen-bond acceptors (Lipinski definition) is 0. The van der Waals surface area contributed by atoms with Crippen LogP contribution in [-0.4, -0.2) is 18.5 Å². The van der Waals surface area contributed by atoms with Crippen molar-refractivity contribution in [3.63, 3.8) is 0 Å². The number of allylic oxidation sites excluding steroid dienone is 4. The van der Waals surface area contributed by atoms with Gasteiger partial charge in [-0.3, -0.25) is 0 Å². The molecule has 0 bridgehead atoms. The fourth-order valence-corrected chi connectivity index (χ4v) is 2.33. The van der Waals surface area contributed by atoms with Crippen LogP contribution in [0.3, 0.4) is 0 Å². The Labute approximate surface area is 112 Å². The van der Waals surface area contributed by atoms with Crippen molar-refractivity contribution in [2.75, 3.05) is 18.5 Å². The minimum absolute atomic E-state index is 0.446. The van der Waals surface area contributed by atoms with Crippen LogP contribution in [0.4, 0.5) is 0 Å². The predicted octanol–water partition coefficient (Wildman–Crippen LogP) is 4.73. The zero-order valence-corrected chi connectivity index (χ0v) is 14.5. The summed E-state index contributed by atoms with van der Waals surface area (Å²) < 4.78 is 0. The van der Waals surface area contributed by atoms with Crippen LogP contribution in [0, 0.1) is 6.42 Å². The molecule has 86 valence electrons. The fraction of sp³-hybridized carbons (Fsp3) is 0.545. The van der Waals surface area contributed by atoms with Crippen LogP contribution in [0.15, 0.2) is 24.3 Å². The van der Waals surface area contributed by atoms with E-state index < -0.39 is 0 Å². The summed E-state index contributed by atoms with van der Waals surface area (Å²) in [5.41, 5.74) is 0. The van der Waals surface area contributed by atoms with Gasteiger partial charge in [0.15, 0.2) is 0 Å². The second-order valence-electron chi connectivity index (χ2n) is 2.58. The molecule has 0 aliphatic heterocycles. The quantitative estimate of drug-likeness (QED) is 0.385. The van der Waals surface area contributed by atoms with Crippen molar-refractivity contribution < 1.29 is 16.1 Å². The first-order valence-electron chi connectivity index (χ1n) is 4.86. The molecular weight excluding hydrogens is 485 g/mol. The molecule has 1 aliphatic rings. The van der Waals surface area contributed by atoms with E-state index in [-0.39, 0.29) is 0 Å².